The lowest BCUT2D eigenvalue weighted by Crippen LogP contribution is -2.26. The van der Waals surface area contributed by atoms with Gasteiger partial charge in [0.2, 0.25) is 5.43 Å². The van der Waals surface area contributed by atoms with E-state index in [-0.39, 0.29) is 29.8 Å². The third kappa shape index (κ3) is 2.73. The second-order valence-corrected chi connectivity index (χ2v) is 6.12. The molecule has 1 heterocycles. The molecule has 0 bridgehead atoms. The maximum Gasteiger partial charge on any atom is 0.341 e. The molecule has 24 heavy (non-hydrogen) atoms. The molecule has 0 amide bonds. The molecule has 1 unspecified atom stereocenters. The lowest BCUT2D eigenvalue weighted by atomic mass is 10.1. The average Bonchev–Trinajstić information content (AvgIpc) is 3.33. The molecule has 6 nitrogen and oxygen atoms in total. The van der Waals surface area contributed by atoms with Crippen LogP contribution in [0.2, 0.25) is 0 Å². The predicted molar refractivity (Wildman–Crippen MR) is 85.5 cm³/mol. The Labute approximate surface area is 135 Å². The van der Waals surface area contributed by atoms with Crippen molar-refractivity contribution in [1.82, 2.24) is 4.57 Å². The fourth-order valence-electron chi connectivity index (χ4n) is 2.64. The van der Waals surface area contributed by atoms with Crippen molar-refractivity contribution >= 4 is 22.6 Å². The Morgan fingerprint density at radius 3 is 2.67 bits per heavy atom. The third-order valence-corrected chi connectivity index (χ3v) is 3.99. The number of anilines is 1. The van der Waals surface area contributed by atoms with Gasteiger partial charge in [0.15, 0.2) is 11.6 Å². The van der Waals surface area contributed by atoms with E-state index in [4.69, 9.17) is 10.8 Å². The highest BCUT2D eigenvalue weighted by molar-refractivity contribution is 5.93. The van der Waals surface area contributed by atoms with Crippen molar-refractivity contribution in [3.05, 3.63) is 39.7 Å². The van der Waals surface area contributed by atoms with E-state index >= 15 is 0 Å². The smallest absolute Gasteiger partial charge is 0.341 e. The lowest BCUT2D eigenvalue weighted by molar-refractivity contribution is 0.0695. The Kier molecular flexibility index (Phi) is 4.00. The van der Waals surface area contributed by atoms with Crippen LogP contribution in [0.25, 0.3) is 10.9 Å². The van der Waals surface area contributed by atoms with Crippen LogP contribution in [-0.4, -0.2) is 28.2 Å². The number of hydrogen-bond donors (Lipinski definition) is 3. The van der Waals surface area contributed by atoms with Gasteiger partial charge in [-0.2, -0.15) is 0 Å². The largest absolute Gasteiger partial charge is 0.477 e. The van der Waals surface area contributed by atoms with Crippen LogP contribution < -0.4 is 16.5 Å². The summed E-state index contributed by atoms with van der Waals surface area (Å²) in [5.74, 6) is -4.03. The van der Waals surface area contributed by atoms with E-state index in [1.807, 2.05) is 0 Å². The van der Waals surface area contributed by atoms with E-state index in [1.165, 1.54) is 12.3 Å². The minimum atomic E-state index is -1.46. The highest BCUT2D eigenvalue weighted by Gasteiger charge is 2.29. The van der Waals surface area contributed by atoms with Crippen molar-refractivity contribution < 1.29 is 18.7 Å². The van der Waals surface area contributed by atoms with Gasteiger partial charge in [-0.25, -0.2) is 13.6 Å². The summed E-state index contributed by atoms with van der Waals surface area (Å²) in [6, 6.07) is 1.04. The fraction of sp³-hybridized carbons (Fsp3) is 0.375. The summed E-state index contributed by atoms with van der Waals surface area (Å²) in [5.41, 5.74) is 4.09. The van der Waals surface area contributed by atoms with Gasteiger partial charge in [0.05, 0.1) is 16.6 Å². The number of rotatable bonds is 5. The number of pyridine rings is 1. The zero-order valence-electron chi connectivity index (χ0n) is 13.0. The monoisotopic (exact) mass is 337 g/mol. The average molecular weight is 337 g/mol. The summed E-state index contributed by atoms with van der Waals surface area (Å²) in [5, 5.41) is 11.3. The van der Waals surface area contributed by atoms with E-state index in [9.17, 15) is 18.4 Å². The number of aromatic carboxylic acids is 1. The van der Waals surface area contributed by atoms with Gasteiger partial charge in [0, 0.05) is 24.8 Å². The van der Waals surface area contributed by atoms with Crippen LogP contribution in [-0.2, 0) is 0 Å². The molecule has 1 saturated carbocycles. The van der Waals surface area contributed by atoms with Gasteiger partial charge in [-0.3, -0.25) is 4.79 Å². The fourth-order valence-corrected chi connectivity index (χ4v) is 2.64. The van der Waals surface area contributed by atoms with Crippen LogP contribution in [0.3, 0.4) is 0 Å². The molecule has 0 aliphatic heterocycles. The number of nitrogens with two attached hydrogens (primary N) is 1. The van der Waals surface area contributed by atoms with Crippen LogP contribution in [0.5, 0.6) is 0 Å². The minimum Gasteiger partial charge on any atom is -0.477 e. The number of carboxylic acid groups (broad SMARTS) is 1. The molecule has 0 saturated heterocycles. The minimum absolute atomic E-state index is 0.0163. The van der Waals surface area contributed by atoms with Crippen LogP contribution in [0.1, 0.15) is 36.2 Å². The van der Waals surface area contributed by atoms with Crippen LogP contribution in [0, 0.1) is 11.6 Å². The van der Waals surface area contributed by atoms with Crippen LogP contribution >= 0.6 is 0 Å². The maximum absolute atomic E-state index is 14.5. The summed E-state index contributed by atoms with van der Waals surface area (Å²) in [4.78, 5) is 23.5. The van der Waals surface area contributed by atoms with Crippen molar-refractivity contribution in [2.45, 2.75) is 31.8 Å². The standard InChI is InChI=1S/C16H17F2N3O3/c1-7(19)5-20-10-4-11-12(14(18)13(10)17)15(22)9(16(23)24)6-21(11)8-2-3-8/h4,6-8,20H,2-3,5,19H2,1H3,(H,23,24). The first-order valence-corrected chi connectivity index (χ1v) is 7.60. The predicted octanol–water partition coefficient (Wildman–Crippen LogP) is 2.07. The van der Waals surface area contributed by atoms with E-state index < -0.39 is 34.0 Å². The number of benzene rings is 1. The molecule has 1 atom stereocenters. The molecule has 128 valence electrons. The SMILES string of the molecule is CC(N)CNc1cc2c(c(F)c1F)c(=O)c(C(=O)O)cn2C1CC1. The number of hydrogen-bond acceptors (Lipinski definition) is 4. The number of fused-ring (bicyclic) bond motifs is 1. The molecular weight excluding hydrogens is 320 g/mol. The molecule has 1 aromatic carbocycles. The number of carbonyl (C=O) groups is 1. The Morgan fingerprint density at radius 2 is 2.12 bits per heavy atom. The quantitative estimate of drug-likeness (QED) is 0.776. The van der Waals surface area contributed by atoms with Gasteiger partial charge in [0.1, 0.15) is 5.56 Å². The highest BCUT2D eigenvalue weighted by atomic mass is 19.2. The van der Waals surface area contributed by atoms with E-state index in [0.717, 1.165) is 12.8 Å². The maximum atomic E-state index is 14.5. The van der Waals surface area contributed by atoms with Crippen molar-refractivity contribution in [3.8, 4) is 0 Å². The molecule has 1 aliphatic carbocycles. The molecule has 1 aromatic heterocycles. The topological polar surface area (TPSA) is 97.3 Å². The van der Waals surface area contributed by atoms with E-state index in [0.29, 0.717) is 0 Å². The molecule has 4 N–H and O–H groups in total. The third-order valence-electron chi connectivity index (χ3n) is 3.99. The van der Waals surface area contributed by atoms with Gasteiger partial charge in [0.25, 0.3) is 0 Å². The second kappa shape index (κ2) is 5.86. The second-order valence-electron chi connectivity index (χ2n) is 6.12. The molecule has 8 heteroatoms. The Morgan fingerprint density at radius 1 is 1.46 bits per heavy atom. The van der Waals surface area contributed by atoms with Crippen molar-refractivity contribution in [2.75, 3.05) is 11.9 Å². The summed E-state index contributed by atoms with van der Waals surface area (Å²) < 4.78 is 30.3. The van der Waals surface area contributed by atoms with Gasteiger partial charge in [-0.15, -0.1) is 0 Å². The number of carboxylic acids is 1. The zero-order chi connectivity index (χ0) is 17.6. The normalized spacial score (nSPS) is 15.5. The number of halogens is 2. The first-order chi connectivity index (χ1) is 11.3. The Hall–Kier alpha value is -2.48. The van der Waals surface area contributed by atoms with E-state index in [1.54, 1.807) is 11.5 Å². The molecule has 3 rings (SSSR count). The van der Waals surface area contributed by atoms with Crippen molar-refractivity contribution in [2.24, 2.45) is 5.73 Å². The van der Waals surface area contributed by atoms with E-state index in [2.05, 4.69) is 5.32 Å². The number of nitrogens with zero attached hydrogens (tertiary/aromatic N) is 1. The van der Waals surface area contributed by atoms with Crippen molar-refractivity contribution in [1.29, 1.82) is 0 Å². The molecule has 0 spiro atoms. The number of aromatic nitrogens is 1. The molecule has 1 fully saturated rings. The summed E-state index contributed by atoms with van der Waals surface area (Å²) in [7, 11) is 0. The first kappa shape index (κ1) is 16.4. The Bertz CT molecular complexity index is 888. The van der Waals surface area contributed by atoms with Gasteiger partial charge >= 0.3 is 5.97 Å². The molecule has 0 radical (unpaired) electrons. The highest BCUT2D eigenvalue weighted by Crippen LogP contribution is 2.38. The zero-order valence-corrected chi connectivity index (χ0v) is 13.0. The molecular formula is C16H17F2N3O3. The lowest BCUT2D eigenvalue weighted by Gasteiger charge is -2.16. The number of nitrogens with one attached hydrogen (secondary N) is 1. The summed E-state index contributed by atoms with van der Waals surface area (Å²) in [6.45, 7) is 1.93. The van der Waals surface area contributed by atoms with Crippen molar-refractivity contribution in [3.63, 3.8) is 0 Å². The van der Waals surface area contributed by atoms with Crippen LogP contribution in [0.4, 0.5) is 14.5 Å². The summed E-state index contributed by atoms with van der Waals surface area (Å²) >= 11 is 0. The van der Waals surface area contributed by atoms with Crippen LogP contribution in [0.15, 0.2) is 17.1 Å². The first-order valence-electron chi connectivity index (χ1n) is 7.60. The van der Waals surface area contributed by atoms with Gasteiger partial charge in [-0.05, 0) is 25.8 Å². The summed E-state index contributed by atoms with van der Waals surface area (Å²) in [6.07, 6.45) is 2.79. The van der Waals surface area contributed by atoms with Gasteiger partial charge in [-0.1, -0.05) is 0 Å². The Balaban J connectivity index is 2.30. The molecule has 2 aromatic rings. The van der Waals surface area contributed by atoms with Gasteiger partial charge < -0.3 is 20.7 Å². The molecule has 1 aliphatic rings.